The highest BCUT2D eigenvalue weighted by Gasteiger charge is 2.18. The van der Waals surface area contributed by atoms with E-state index < -0.39 is 0 Å². The SMILES string of the molecule is COc1cccc(-n2cc(-c3nc(-c4ccccc4C)no3)c3ccccc3c2=O)c1. The summed E-state index contributed by atoms with van der Waals surface area (Å²) in [6.07, 6.45) is 1.74. The summed E-state index contributed by atoms with van der Waals surface area (Å²) in [5.41, 5.74) is 3.20. The Bertz CT molecular complexity index is 1470. The third-order valence-corrected chi connectivity index (χ3v) is 5.30. The molecule has 0 amide bonds. The van der Waals surface area contributed by atoms with Crippen LogP contribution in [0.4, 0.5) is 0 Å². The fourth-order valence-electron chi connectivity index (χ4n) is 3.68. The number of fused-ring (bicyclic) bond motifs is 1. The van der Waals surface area contributed by atoms with Gasteiger partial charge in [-0.1, -0.05) is 53.7 Å². The smallest absolute Gasteiger partial charge is 0.262 e. The zero-order chi connectivity index (χ0) is 21.4. The lowest BCUT2D eigenvalue weighted by Crippen LogP contribution is -2.18. The van der Waals surface area contributed by atoms with Gasteiger partial charge in [0.25, 0.3) is 11.4 Å². The van der Waals surface area contributed by atoms with E-state index in [0.29, 0.717) is 34.1 Å². The van der Waals surface area contributed by atoms with E-state index in [-0.39, 0.29) is 5.56 Å². The minimum Gasteiger partial charge on any atom is -0.497 e. The summed E-state index contributed by atoms with van der Waals surface area (Å²) in [4.78, 5) is 17.9. The van der Waals surface area contributed by atoms with Gasteiger partial charge in [-0.05, 0) is 30.7 Å². The van der Waals surface area contributed by atoms with Crippen molar-refractivity contribution in [2.45, 2.75) is 6.92 Å². The highest BCUT2D eigenvalue weighted by molar-refractivity contribution is 5.94. The molecule has 0 aliphatic carbocycles. The molecule has 0 saturated carbocycles. The molecule has 6 heteroatoms. The van der Waals surface area contributed by atoms with Gasteiger partial charge < -0.3 is 9.26 Å². The van der Waals surface area contributed by atoms with Crippen LogP contribution >= 0.6 is 0 Å². The first kappa shape index (κ1) is 18.8. The third kappa shape index (κ3) is 3.28. The molecule has 0 saturated heterocycles. The van der Waals surface area contributed by atoms with Gasteiger partial charge in [-0.15, -0.1) is 0 Å². The molecular formula is C25H19N3O3. The summed E-state index contributed by atoms with van der Waals surface area (Å²) in [6.45, 7) is 2.00. The normalized spacial score (nSPS) is 11.0. The Morgan fingerprint density at radius 2 is 1.68 bits per heavy atom. The minimum absolute atomic E-state index is 0.133. The summed E-state index contributed by atoms with van der Waals surface area (Å²) in [7, 11) is 1.60. The van der Waals surface area contributed by atoms with Crippen molar-refractivity contribution in [1.29, 1.82) is 0 Å². The fourth-order valence-corrected chi connectivity index (χ4v) is 3.68. The van der Waals surface area contributed by atoms with E-state index in [0.717, 1.165) is 16.5 Å². The first-order valence-electron chi connectivity index (χ1n) is 9.84. The number of aryl methyl sites for hydroxylation is 1. The van der Waals surface area contributed by atoms with Crippen LogP contribution in [0.3, 0.4) is 0 Å². The molecule has 0 aliphatic rings. The van der Waals surface area contributed by atoms with Crippen LogP contribution in [0, 0.1) is 6.92 Å². The van der Waals surface area contributed by atoms with Crippen molar-refractivity contribution >= 4 is 10.8 Å². The summed E-state index contributed by atoms with van der Waals surface area (Å²) >= 11 is 0. The van der Waals surface area contributed by atoms with Crippen molar-refractivity contribution in [2.75, 3.05) is 7.11 Å². The Kier molecular flexibility index (Phi) is 4.59. The summed E-state index contributed by atoms with van der Waals surface area (Å²) < 4.78 is 12.5. The molecule has 6 nitrogen and oxygen atoms in total. The molecule has 0 unspecified atom stereocenters. The molecule has 0 aliphatic heterocycles. The van der Waals surface area contributed by atoms with Crippen molar-refractivity contribution in [2.24, 2.45) is 0 Å². The van der Waals surface area contributed by atoms with Crippen molar-refractivity contribution in [3.05, 3.63) is 94.9 Å². The number of rotatable bonds is 4. The predicted molar refractivity (Wildman–Crippen MR) is 120 cm³/mol. The van der Waals surface area contributed by atoms with E-state index in [4.69, 9.17) is 9.26 Å². The van der Waals surface area contributed by atoms with E-state index in [2.05, 4.69) is 10.1 Å². The van der Waals surface area contributed by atoms with Crippen LogP contribution < -0.4 is 10.3 Å². The van der Waals surface area contributed by atoms with Crippen LogP contribution in [0.15, 0.2) is 88.3 Å². The van der Waals surface area contributed by atoms with Crippen LogP contribution in [0.1, 0.15) is 5.56 Å². The molecule has 0 spiro atoms. The van der Waals surface area contributed by atoms with Crippen LogP contribution in [-0.2, 0) is 0 Å². The zero-order valence-electron chi connectivity index (χ0n) is 17.1. The molecule has 31 heavy (non-hydrogen) atoms. The van der Waals surface area contributed by atoms with E-state index in [1.54, 1.807) is 23.9 Å². The molecule has 2 aromatic heterocycles. The van der Waals surface area contributed by atoms with Crippen LogP contribution in [0.2, 0.25) is 0 Å². The number of nitrogens with zero attached hydrogens (tertiary/aromatic N) is 3. The topological polar surface area (TPSA) is 70.2 Å². The minimum atomic E-state index is -0.133. The third-order valence-electron chi connectivity index (χ3n) is 5.30. The molecule has 3 aromatic carbocycles. The van der Waals surface area contributed by atoms with Gasteiger partial charge in [0.05, 0.1) is 18.4 Å². The standard InChI is InChI=1S/C25H19N3O3/c1-16-8-3-4-11-19(16)23-26-24(31-27-23)22-15-28(17-9-7-10-18(14-17)30-2)25(29)21-13-6-5-12-20(21)22/h3-15H,1-2H3. The summed E-state index contributed by atoms with van der Waals surface area (Å²) in [5, 5.41) is 5.51. The Balaban J connectivity index is 1.73. The number of hydrogen-bond acceptors (Lipinski definition) is 5. The van der Waals surface area contributed by atoms with E-state index in [9.17, 15) is 4.79 Å². The van der Waals surface area contributed by atoms with E-state index in [1.807, 2.05) is 73.7 Å². The van der Waals surface area contributed by atoms with Crippen molar-refractivity contribution in [3.63, 3.8) is 0 Å². The average molecular weight is 409 g/mol. The molecule has 2 heterocycles. The van der Waals surface area contributed by atoms with E-state index >= 15 is 0 Å². The Hall–Kier alpha value is -4.19. The Morgan fingerprint density at radius 1 is 0.903 bits per heavy atom. The maximum absolute atomic E-state index is 13.2. The van der Waals surface area contributed by atoms with Gasteiger partial charge in [0.2, 0.25) is 5.82 Å². The van der Waals surface area contributed by atoms with Gasteiger partial charge >= 0.3 is 0 Å². The molecule has 0 radical (unpaired) electrons. The maximum atomic E-state index is 13.2. The van der Waals surface area contributed by atoms with Gasteiger partial charge in [0.1, 0.15) is 5.75 Å². The average Bonchev–Trinajstić information content (AvgIpc) is 3.29. The number of ether oxygens (including phenoxy) is 1. The highest BCUT2D eigenvalue weighted by Crippen LogP contribution is 2.29. The number of methoxy groups -OCH3 is 1. The lowest BCUT2D eigenvalue weighted by Gasteiger charge is -2.11. The molecule has 0 bridgehead atoms. The number of aromatic nitrogens is 3. The van der Waals surface area contributed by atoms with Crippen molar-refractivity contribution in [3.8, 4) is 34.3 Å². The molecule has 152 valence electrons. The van der Waals surface area contributed by atoms with Crippen LogP contribution in [0.25, 0.3) is 39.3 Å². The Labute approximate surface area is 178 Å². The van der Waals surface area contributed by atoms with Gasteiger partial charge in [-0.3, -0.25) is 9.36 Å². The number of benzene rings is 3. The summed E-state index contributed by atoms with van der Waals surface area (Å²) in [5.74, 6) is 1.53. The second-order valence-electron chi connectivity index (χ2n) is 7.20. The van der Waals surface area contributed by atoms with Gasteiger partial charge in [0, 0.05) is 28.6 Å². The van der Waals surface area contributed by atoms with Crippen molar-refractivity contribution in [1.82, 2.24) is 14.7 Å². The van der Waals surface area contributed by atoms with E-state index in [1.165, 1.54) is 0 Å². The lowest BCUT2D eigenvalue weighted by atomic mass is 10.1. The molecule has 5 rings (SSSR count). The predicted octanol–water partition coefficient (Wildman–Crippen LogP) is 5.02. The molecule has 0 N–H and O–H groups in total. The maximum Gasteiger partial charge on any atom is 0.262 e. The van der Waals surface area contributed by atoms with Crippen molar-refractivity contribution < 1.29 is 9.26 Å². The van der Waals surface area contributed by atoms with Gasteiger partial charge in [-0.2, -0.15) is 4.98 Å². The second kappa shape index (κ2) is 7.57. The molecule has 0 atom stereocenters. The second-order valence-corrected chi connectivity index (χ2v) is 7.20. The monoisotopic (exact) mass is 409 g/mol. The first-order valence-corrected chi connectivity index (χ1v) is 9.84. The Morgan fingerprint density at radius 3 is 2.48 bits per heavy atom. The molecule has 5 aromatic rings. The largest absolute Gasteiger partial charge is 0.497 e. The van der Waals surface area contributed by atoms with Gasteiger partial charge in [0.15, 0.2) is 0 Å². The zero-order valence-corrected chi connectivity index (χ0v) is 17.1. The van der Waals surface area contributed by atoms with Gasteiger partial charge in [-0.25, -0.2) is 0 Å². The first-order chi connectivity index (χ1) is 15.2. The quantitative estimate of drug-likeness (QED) is 0.417. The van der Waals surface area contributed by atoms with Crippen LogP contribution in [-0.4, -0.2) is 21.8 Å². The fraction of sp³-hybridized carbons (Fsp3) is 0.0800. The highest BCUT2D eigenvalue weighted by atomic mass is 16.5. The van der Waals surface area contributed by atoms with Crippen LogP contribution in [0.5, 0.6) is 5.75 Å². The molecular weight excluding hydrogens is 390 g/mol. The molecule has 0 fully saturated rings. The number of hydrogen-bond donors (Lipinski definition) is 0. The number of pyridine rings is 1. The lowest BCUT2D eigenvalue weighted by molar-refractivity contribution is 0.414. The summed E-state index contributed by atoms with van der Waals surface area (Å²) in [6, 6.07) is 22.6.